The van der Waals surface area contributed by atoms with Gasteiger partial charge in [0.2, 0.25) is 0 Å². The summed E-state index contributed by atoms with van der Waals surface area (Å²) in [5, 5.41) is 3.84. The first-order valence-electron chi connectivity index (χ1n) is 9.31. The average Bonchev–Trinajstić information content (AvgIpc) is 2.63. The van der Waals surface area contributed by atoms with Gasteiger partial charge in [-0.15, -0.1) is 0 Å². The Labute approximate surface area is 133 Å². The van der Waals surface area contributed by atoms with Crippen molar-refractivity contribution >= 4 is 0 Å². The van der Waals surface area contributed by atoms with E-state index in [1.165, 1.54) is 71.0 Å². The fourth-order valence-electron chi connectivity index (χ4n) is 3.47. The monoisotopic (exact) mass is 297 g/mol. The van der Waals surface area contributed by atoms with Crippen LogP contribution in [0.1, 0.15) is 65.2 Å². The van der Waals surface area contributed by atoms with Crippen molar-refractivity contribution in [2.45, 2.75) is 77.3 Å². The number of nitrogens with one attached hydrogen (secondary N) is 1. The standard InChI is InChI=1S/C18H39N3/c1-5-7-8-9-10-12-17(19-13-6-2)18-16-20(3)14-11-15-21(18)4/h17-19H,5-16H2,1-4H3. The van der Waals surface area contributed by atoms with Crippen LogP contribution in [0, 0.1) is 0 Å². The third-order valence-corrected chi connectivity index (χ3v) is 4.86. The minimum absolute atomic E-state index is 0.664. The molecule has 0 spiro atoms. The van der Waals surface area contributed by atoms with Crippen LogP contribution < -0.4 is 5.32 Å². The van der Waals surface area contributed by atoms with Crippen molar-refractivity contribution in [3.05, 3.63) is 0 Å². The Kier molecular flexibility index (Phi) is 10.3. The Bertz CT molecular complexity index is 245. The molecule has 1 N–H and O–H groups in total. The second kappa shape index (κ2) is 11.4. The Morgan fingerprint density at radius 3 is 2.48 bits per heavy atom. The van der Waals surface area contributed by atoms with Crippen LogP contribution in [0.25, 0.3) is 0 Å². The molecule has 0 amide bonds. The summed E-state index contributed by atoms with van der Waals surface area (Å²) in [4.78, 5) is 5.12. The predicted octanol–water partition coefficient (Wildman–Crippen LogP) is 3.35. The van der Waals surface area contributed by atoms with E-state index in [-0.39, 0.29) is 0 Å². The number of rotatable bonds is 10. The van der Waals surface area contributed by atoms with Crippen molar-refractivity contribution < 1.29 is 0 Å². The third kappa shape index (κ3) is 7.62. The summed E-state index contributed by atoms with van der Waals surface area (Å²) in [6.07, 6.45) is 10.8. The molecule has 0 aromatic rings. The molecule has 1 heterocycles. The molecule has 0 radical (unpaired) electrons. The highest BCUT2D eigenvalue weighted by molar-refractivity contribution is 4.87. The highest BCUT2D eigenvalue weighted by atomic mass is 15.2. The van der Waals surface area contributed by atoms with E-state index < -0.39 is 0 Å². The molecule has 3 heteroatoms. The maximum Gasteiger partial charge on any atom is 0.0373 e. The van der Waals surface area contributed by atoms with Crippen molar-refractivity contribution in [2.24, 2.45) is 0 Å². The second-order valence-electron chi connectivity index (χ2n) is 6.93. The number of nitrogens with zero attached hydrogens (tertiary/aromatic N) is 2. The third-order valence-electron chi connectivity index (χ3n) is 4.86. The van der Waals surface area contributed by atoms with Crippen LogP contribution >= 0.6 is 0 Å². The smallest absolute Gasteiger partial charge is 0.0373 e. The Morgan fingerprint density at radius 1 is 1.00 bits per heavy atom. The number of hydrogen-bond acceptors (Lipinski definition) is 3. The summed E-state index contributed by atoms with van der Waals surface area (Å²) in [7, 11) is 4.60. The molecule has 1 saturated heterocycles. The van der Waals surface area contributed by atoms with Gasteiger partial charge in [-0.25, -0.2) is 0 Å². The summed E-state index contributed by atoms with van der Waals surface area (Å²) in [6.45, 7) is 9.43. The van der Waals surface area contributed by atoms with Gasteiger partial charge in [0.05, 0.1) is 0 Å². The van der Waals surface area contributed by atoms with E-state index in [0.717, 1.165) is 6.54 Å². The maximum atomic E-state index is 3.84. The van der Waals surface area contributed by atoms with Gasteiger partial charge in [0.25, 0.3) is 0 Å². The molecule has 0 aromatic heterocycles. The maximum absolute atomic E-state index is 3.84. The van der Waals surface area contributed by atoms with E-state index >= 15 is 0 Å². The van der Waals surface area contributed by atoms with E-state index in [9.17, 15) is 0 Å². The molecule has 0 aromatic carbocycles. The molecule has 1 aliphatic heterocycles. The molecule has 1 aliphatic rings. The molecule has 0 saturated carbocycles. The van der Waals surface area contributed by atoms with Gasteiger partial charge in [-0.05, 0) is 53.0 Å². The first kappa shape index (κ1) is 18.9. The Balaban J connectivity index is 2.48. The zero-order chi connectivity index (χ0) is 15.5. The van der Waals surface area contributed by atoms with E-state index in [1.54, 1.807) is 0 Å². The SMILES string of the molecule is CCCCCCCC(NCCC)C1CN(C)CCCN1C. The first-order chi connectivity index (χ1) is 10.2. The fraction of sp³-hybridized carbons (Fsp3) is 1.00. The molecule has 2 unspecified atom stereocenters. The molecule has 0 aliphatic carbocycles. The summed E-state index contributed by atoms with van der Waals surface area (Å²) >= 11 is 0. The first-order valence-corrected chi connectivity index (χ1v) is 9.31. The normalized spacial score (nSPS) is 23.1. The largest absolute Gasteiger partial charge is 0.312 e. The molecule has 21 heavy (non-hydrogen) atoms. The summed E-state index contributed by atoms with van der Waals surface area (Å²) in [6, 6.07) is 1.34. The van der Waals surface area contributed by atoms with Gasteiger partial charge >= 0.3 is 0 Å². The highest BCUT2D eigenvalue weighted by Crippen LogP contribution is 2.16. The van der Waals surface area contributed by atoms with E-state index in [0.29, 0.717) is 12.1 Å². The van der Waals surface area contributed by atoms with Crippen molar-refractivity contribution in [2.75, 3.05) is 40.3 Å². The van der Waals surface area contributed by atoms with Crippen molar-refractivity contribution in [1.82, 2.24) is 15.1 Å². The van der Waals surface area contributed by atoms with Gasteiger partial charge in [-0.1, -0.05) is 46.0 Å². The van der Waals surface area contributed by atoms with E-state index in [2.05, 4.69) is 43.1 Å². The van der Waals surface area contributed by atoms with Crippen LogP contribution in [-0.4, -0.2) is 62.2 Å². The van der Waals surface area contributed by atoms with Crippen molar-refractivity contribution in [3.63, 3.8) is 0 Å². The molecule has 1 fully saturated rings. The molecule has 126 valence electrons. The molecular formula is C18H39N3. The summed E-state index contributed by atoms with van der Waals surface area (Å²) in [5.41, 5.74) is 0. The van der Waals surface area contributed by atoms with Crippen LogP contribution in [0.3, 0.4) is 0 Å². The highest BCUT2D eigenvalue weighted by Gasteiger charge is 2.27. The lowest BCUT2D eigenvalue weighted by Crippen LogP contribution is -2.52. The lowest BCUT2D eigenvalue weighted by Gasteiger charge is -2.35. The average molecular weight is 298 g/mol. The Hall–Kier alpha value is -0.120. The van der Waals surface area contributed by atoms with Crippen LogP contribution in [0.4, 0.5) is 0 Å². The lowest BCUT2D eigenvalue weighted by atomic mass is 9.98. The predicted molar refractivity (Wildman–Crippen MR) is 94.0 cm³/mol. The zero-order valence-electron chi connectivity index (χ0n) is 15.0. The van der Waals surface area contributed by atoms with Gasteiger partial charge in [0, 0.05) is 18.6 Å². The van der Waals surface area contributed by atoms with Crippen molar-refractivity contribution in [3.8, 4) is 0 Å². The molecule has 2 atom stereocenters. The van der Waals surface area contributed by atoms with Crippen LogP contribution in [-0.2, 0) is 0 Å². The number of likely N-dealkylation sites (N-methyl/N-ethyl adjacent to an activating group) is 2. The van der Waals surface area contributed by atoms with Crippen LogP contribution in [0.15, 0.2) is 0 Å². The van der Waals surface area contributed by atoms with Gasteiger partial charge in [-0.3, -0.25) is 0 Å². The second-order valence-corrected chi connectivity index (χ2v) is 6.93. The Morgan fingerprint density at radius 2 is 1.76 bits per heavy atom. The topological polar surface area (TPSA) is 18.5 Å². The minimum Gasteiger partial charge on any atom is -0.312 e. The number of unbranched alkanes of at least 4 members (excludes halogenated alkanes) is 4. The quantitative estimate of drug-likeness (QED) is 0.624. The molecule has 3 nitrogen and oxygen atoms in total. The summed E-state index contributed by atoms with van der Waals surface area (Å²) in [5.74, 6) is 0. The molecular weight excluding hydrogens is 258 g/mol. The van der Waals surface area contributed by atoms with E-state index in [4.69, 9.17) is 0 Å². The summed E-state index contributed by atoms with van der Waals surface area (Å²) < 4.78 is 0. The van der Waals surface area contributed by atoms with Crippen LogP contribution in [0.5, 0.6) is 0 Å². The van der Waals surface area contributed by atoms with Crippen LogP contribution in [0.2, 0.25) is 0 Å². The van der Waals surface area contributed by atoms with Gasteiger partial charge in [-0.2, -0.15) is 0 Å². The minimum atomic E-state index is 0.664. The fourth-order valence-corrected chi connectivity index (χ4v) is 3.47. The number of hydrogen-bond donors (Lipinski definition) is 1. The van der Waals surface area contributed by atoms with Gasteiger partial charge in [0.15, 0.2) is 0 Å². The molecule has 1 rings (SSSR count). The van der Waals surface area contributed by atoms with Gasteiger partial charge < -0.3 is 15.1 Å². The lowest BCUT2D eigenvalue weighted by molar-refractivity contribution is 0.170. The zero-order valence-corrected chi connectivity index (χ0v) is 15.0. The van der Waals surface area contributed by atoms with E-state index in [1.807, 2.05) is 0 Å². The molecule has 0 bridgehead atoms. The van der Waals surface area contributed by atoms with Crippen molar-refractivity contribution in [1.29, 1.82) is 0 Å². The van der Waals surface area contributed by atoms with Gasteiger partial charge in [0.1, 0.15) is 0 Å².